The normalized spacial score (nSPS) is 10.0. The molecule has 0 atom stereocenters. The molecule has 0 aromatic heterocycles. The summed E-state index contributed by atoms with van der Waals surface area (Å²) < 4.78 is 4.82. The Hall–Kier alpha value is -0.170. The molecule has 0 aliphatic carbocycles. The first-order valence-electron chi connectivity index (χ1n) is 2.20. The van der Waals surface area contributed by atoms with Gasteiger partial charge in [0.25, 0.3) is 0 Å². The van der Waals surface area contributed by atoms with Crippen LogP contribution < -0.4 is 0 Å². The van der Waals surface area contributed by atoms with Gasteiger partial charge in [-0.15, -0.1) is 11.6 Å². The van der Waals surface area contributed by atoms with Crippen molar-refractivity contribution in [3.8, 4) is 0 Å². The van der Waals surface area contributed by atoms with Gasteiger partial charge in [-0.2, -0.15) is 0 Å². The Kier molecular flexibility index (Phi) is 5.69. The van der Waals surface area contributed by atoms with Crippen molar-refractivity contribution in [1.82, 2.24) is 0 Å². The van der Waals surface area contributed by atoms with Crippen molar-refractivity contribution in [1.29, 1.82) is 0 Å². The van der Waals surface area contributed by atoms with Gasteiger partial charge in [-0.25, -0.2) is 0 Å². The molecule has 0 unspecified atom stereocenters. The van der Waals surface area contributed by atoms with E-state index < -0.39 is 0 Å². The second-order valence-corrected chi connectivity index (χ2v) is 1.41. The van der Waals surface area contributed by atoms with E-state index in [4.69, 9.17) is 16.3 Å². The molecule has 0 aromatic rings. The number of hydrogen-bond acceptors (Lipinski definition) is 1. The highest BCUT2D eigenvalue weighted by molar-refractivity contribution is 6.17. The minimum Gasteiger partial charge on any atom is -0.500 e. The summed E-state index contributed by atoms with van der Waals surface area (Å²) in [5.41, 5.74) is 0. The monoisotopic (exact) mass is 120 g/mol. The molecule has 0 bridgehead atoms. The van der Waals surface area contributed by atoms with Crippen LogP contribution in [-0.4, -0.2) is 12.5 Å². The smallest absolute Gasteiger partial charge is 0.101 e. The van der Waals surface area contributed by atoms with Crippen LogP contribution >= 0.6 is 11.6 Å². The van der Waals surface area contributed by atoms with Crippen LogP contribution in [0.25, 0.3) is 0 Å². The molecule has 0 fully saturated rings. The average Bonchev–Trinajstić information content (AvgIpc) is 1.69. The van der Waals surface area contributed by atoms with Gasteiger partial charge < -0.3 is 4.74 Å². The van der Waals surface area contributed by atoms with Crippen molar-refractivity contribution in [2.24, 2.45) is 0 Å². The van der Waals surface area contributed by atoms with Crippen LogP contribution in [0.15, 0.2) is 12.3 Å². The fourth-order valence-corrected chi connectivity index (χ4v) is 0.298. The third-order valence-electron chi connectivity index (χ3n) is 0.427. The summed E-state index contributed by atoms with van der Waals surface area (Å²) in [6, 6.07) is 0. The van der Waals surface area contributed by atoms with E-state index in [-0.39, 0.29) is 0 Å². The SMILES string of the molecule is C/C=C/OCCCl. The molecule has 42 valence electrons. The van der Waals surface area contributed by atoms with Crippen LogP contribution in [-0.2, 0) is 4.74 Å². The van der Waals surface area contributed by atoms with Crippen molar-refractivity contribution in [2.75, 3.05) is 12.5 Å². The Balaban J connectivity index is 2.69. The number of alkyl halides is 1. The molecule has 0 radical (unpaired) electrons. The molecule has 0 aromatic carbocycles. The van der Waals surface area contributed by atoms with Crippen LogP contribution in [0.5, 0.6) is 0 Å². The van der Waals surface area contributed by atoms with Crippen LogP contribution in [0, 0.1) is 0 Å². The topological polar surface area (TPSA) is 9.23 Å². The maximum Gasteiger partial charge on any atom is 0.101 e. The molecule has 0 rings (SSSR count). The summed E-state index contributed by atoms with van der Waals surface area (Å²) in [5.74, 6) is 0.560. The molecule has 2 heteroatoms. The molecule has 0 aliphatic rings. The van der Waals surface area contributed by atoms with Gasteiger partial charge in [-0.05, 0) is 6.92 Å². The lowest BCUT2D eigenvalue weighted by molar-refractivity contribution is 0.271. The maximum atomic E-state index is 5.28. The van der Waals surface area contributed by atoms with Crippen molar-refractivity contribution in [2.45, 2.75) is 6.92 Å². The Morgan fingerprint density at radius 3 is 2.86 bits per heavy atom. The maximum absolute atomic E-state index is 5.28. The summed E-state index contributed by atoms with van der Waals surface area (Å²) in [5, 5.41) is 0. The summed E-state index contributed by atoms with van der Waals surface area (Å²) in [7, 11) is 0. The zero-order valence-electron chi connectivity index (χ0n) is 4.36. The first-order valence-corrected chi connectivity index (χ1v) is 2.74. The predicted octanol–water partition coefficient (Wildman–Crippen LogP) is 1.78. The number of halogens is 1. The van der Waals surface area contributed by atoms with Crippen molar-refractivity contribution >= 4 is 11.6 Å². The molecular weight excluding hydrogens is 112 g/mol. The molecule has 0 aliphatic heterocycles. The minimum atomic E-state index is 0.560. The fourth-order valence-electron chi connectivity index (χ4n) is 0.209. The van der Waals surface area contributed by atoms with Crippen LogP contribution in [0.1, 0.15) is 6.92 Å². The average molecular weight is 121 g/mol. The highest BCUT2D eigenvalue weighted by Gasteiger charge is 1.72. The Morgan fingerprint density at radius 1 is 1.71 bits per heavy atom. The fraction of sp³-hybridized carbons (Fsp3) is 0.600. The van der Waals surface area contributed by atoms with Crippen LogP contribution in [0.2, 0.25) is 0 Å². The van der Waals surface area contributed by atoms with E-state index in [9.17, 15) is 0 Å². The van der Waals surface area contributed by atoms with E-state index in [0.717, 1.165) is 0 Å². The largest absolute Gasteiger partial charge is 0.500 e. The van der Waals surface area contributed by atoms with Crippen LogP contribution in [0.4, 0.5) is 0 Å². The minimum absolute atomic E-state index is 0.560. The molecule has 1 nitrogen and oxygen atoms in total. The second-order valence-electron chi connectivity index (χ2n) is 1.03. The van der Waals surface area contributed by atoms with Gasteiger partial charge in [-0.1, -0.05) is 6.08 Å². The number of ether oxygens (including phenoxy) is 1. The summed E-state index contributed by atoms with van der Waals surface area (Å²) in [6.07, 6.45) is 3.45. The molecule has 0 heterocycles. The Morgan fingerprint density at radius 2 is 2.43 bits per heavy atom. The molecule has 0 amide bonds. The standard InChI is InChI=1S/C5H9ClO/c1-2-4-7-5-3-6/h2,4H,3,5H2,1H3/b4-2+. The lowest BCUT2D eigenvalue weighted by Gasteiger charge is -1.90. The van der Waals surface area contributed by atoms with Gasteiger partial charge in [0.1, 0.15) is 6.61 Å². The lowest BCUT2D eigenvalue weighted by atomic mass is 10.7. The highest BCUT2D eigenvalue weighted by atomic mass is 35.5. The van der Waals surface area contributed by atoms with Gasteiger partial charge in [0.15, 0.2) is 0 Å². The first-order chi connectivity index (χ1) is 3.41. The quantitative estimate of drug-likeness (QED) is 0.313. The molecular formula is C5H9ClO. The molecule has 0 N–H and O–H groups in total. The zero-order chi connectivity index (χ0) is 5.54. The number of allylic oxidation sites excluding steroid dienone is 1. The Bertz CT molecular complexity index is 52.0. The summed E-state index contributed by atoms with van der Waals surface area (Å²) in [6.45, 7) is 2.50. The third-order valence-corrected chi connectivity index (χ3v) is 0.582. The van der Waals surface area contributed by atoms with E-state index in [1.807, 2.05) is 13.0 Å². The van der Waals surface area contributed by atoms with Gasteiger partial charge >= 0.3 is 0 Å². The van der Waals surface area contributed by atoms with Crippen molar-refractivity contribution < 1.29 is 4.74 Å². The number of rotatable bonds is 3. The molecule has 7 heavy (non-hydrogen) atoms. The zero-order valence-corrected chi connectivity index (χ0v) is 5.11. The lowest BCUT2D eigenvalue weighted by Crippen LogP contribution is -1.85. The Labute approximate surface area is 48.9 Å². The van der Waals surface area contributed by atoms with Crippen molar-refractivity contribution in [3.05, 3.63) is 12.3 Å². The van der Waals surface area contributed by atoms with Crippen LogP contribution in [0.3, 0.4) is 0 Å². The van der Waals surface area contributed by atoms with Gasteiger partial charge in [0.2, 0.25) is 0 Å². The number of hydrogen-bond donors (Lipinski definition) is 0. The van der Waals surface area contributed by atoms with Gasteiger partial charge in [0, 0.05) is 0 Å². The molecule has 0 saturated carbocycles. The second kappa shape index (κ2) is 5.83. The molecule has 0 spiro atoms. The van der Waals surface area contributed by atoms with Crippen molar-refractivity contribution in [3.63, 3.8) is 0 Å². The molecule has 0 saturated heterocycles. The van der Waals surface area contributed by atoms with E-state index in [1.165, 1.54) is 0 Å². The predicted molar refractivity (Wildman–Crippen MR) is 31.5 cm³/mol. The summed E-state index contributed by atoms with van der Waals surface area (Å²) >= 11 is 5.28. The third kappa shape index (κ3) is 5.83. The van der Waals surface area contributed by atoms with E-state index in [2.05, 4.69) is 0 Å². The first kappa shape index (κ1) is 6.83. The highest BCUT2D eigenvalue weighted by Crippen LogP contribution is 1.78. The van der Waals surface area contributed by atoms with E-state index >= 15 is 0 Å². The van der Waals surface area contributed by atoms with E-state index in [0.29, 0.717) is 12.5 Å². The van der Waals surface area contributed by atoms with E-state index in [1.54, 1.807) is 6.26 Å². The van der Waals surface area contributed by atoms with Gasteiger partial charge in [0.05, 0.1) is 12.1 Å². The summed E-state index contributed by atoms with van der Waals surface area (Å²) in [4.78, 5) is 0. The van der Waals surface area contributed by atoms with Gasteiger partial charge in [-0.3, -0.25) is 0 Å².